The molecular weight excluding hydrogens is 408 g/mol. The first kappa shape index (κ1) is 22.0. The second-order valence-electron chi connectivity index (χ2n) is 7.86. The molecule has 32 heavy (non-hydrogen) atoms. The van der Waals surface area contributed by atoms with E-state index in [1.807, 2.05) is 30.3 Å². The number of aromatic nitrogens is 2. The molecule has 0 spiro atoms. The Morgan fingerprint density at radius 2 is 1.94 bits per heavy atom. The molecule has 1 aliphatic heterocycles. The van der Waals surface area contributed by atoms with Crippen LogP contribution in [0.25, 0.3) is 10.9 Å². The molecule has 168 valence electrons. The molecule has 2 aromatic heterocycles. The number of benzene rings is 1. The van der Waals surface area contributed by atoms with Gasteiger partial charge >= 0.3 is 0 Å². The predicted octanol–water partition coefficient (Wildman–Crippen LogP) is 1.82. The van der Waals surface area contributed by atoms with Crippen molar-refractivity contribution in [1.29, 1.82) is 0 Å². The zero-order chi connectivity index (χ0) is 22.5. The van der Waals surface area contributed by atoms with Crippen LogP contribution in [-0.4, -0.2) is 66.9 Å². The molecule has 1 amide bonds. The number of carbonyl (C=O) groups is 1. The molecule has 0 saturated carbocycles. The highest BCUT2D eigenvalue weighted by atomic mass is 16.5. The van der Waals surface area contributed by atoms with Crippen molar-refractivity contribution >= 4 is 16.8 Å². The maximum absolute atomic E-state index is 13.1. The topological polar surface area (TPSA) is 85.7 Å². The summed E-state index contributed by atoms with van der Waals surface area (Å²) in [5.74, 6) is 0.554. The molecule has 1 aromatic carbocycles. The number of pyridine rings is 2. The van der Waals surface area contributed by atoms with E-state index in [1.165, 1.54) is 0 Å². The van der Waals surface area contributed by atoms with E-state index in [0.717, 1.165) is 44.2 Å². The van der Waals surface area contributed by atoms with Gasteiger partial charge in [0.05, 0.1) is 49.0 Å². The summed E-state index contributed by atoms with van der Waals surface area (Å²) in [4.78, 5) is 32.7. The molecule has 0 bridgehead atoms. The number of rotatable bonds is 7. The van der Waals surface area contributed by atoms with Crippen LogP contribution < -0.4 is 15.6 Å². The van der Waals surface area contributed by atoms with Gasteiger partial charge in [0, 0.05) is 32.4 Å². The van der Waals surface area contributed by atoms with Crippen LogP contribution in [0.15, 0.2) is 47.4 Å². The summed E-state index contributed by atoms with van der Waals surface area (Å²) in [7, 11) is 1.62. The van der Waals surface area contributed by atoms with Gasteiger partial charge in [-0.15, -0.1) is 0 Å². The van der Waals surface area contributed by atoms with Gasteiger partial charge in [-0.3, -0.25) is 19.5 Å². The zero-order valence-electron chi connectivity index (χ0n) is 18.5. The van der Waals surface area contributed by atoms with Crippen molar-refractivity contribution < 1.29 is 14.3 Å². The van der Waals surface area contributed by atoms with Gasteiger partial charge in [0.25, 0.3) is 11.5 Å². The molecule has 1 aliphatic rings. The van der Waals surface area contributed by atoms with Gasteiger partial charge in [-0.05, 0) is 36.8 Å². The van der Waals surface area contributed by atoms with Crippen LogP contribution in [0.3, 0.4) is 0 Å². The van der Waals surface area contributed by atoms with E-state index in [1.54, 1.807) is 30.9 Å². The third-order valence-electron chi connectivity index (χ3n) is 5.72. The molecule has 4 rings (SSSR count). The van der Waals surface area contributed by atoms with Crippen molar-refractivity contribution in [1.82, 2.24) is 19.8 Å². The van der Waals surface area contributed by atoms with E-state index in [2.05, 4.69) is 15.2 Å². The first-order valence-electron chi connectivity index (χ1n) is 10.8. The number of carbonyl (C=O) groups excluding carboxylic acids is 1. The van der Waals surface area contributed by atoms with Crippen molar-refractivity contribution in [3.05, 3.63) is 69.8 Å². The fourth-order valence-corrected chi connectivity index (χ4v) is 3.83. The number of morpholine rings is 1. The molecule has 1 saturated heterocycles. The molecule has 3 heterocycles. The Bertz CT molecular complexity index is 1150. The van der Waals surface area contributed by atoms with E-state index < -0.39 is 0 Å². The summed E-state index contributed by atoms with van der Waals surface area (Å²) in [6.07, 6.45) is 1.74. The van der Waals surface area contributed by atoms with Crippen molar-refractivity contribution in [3.8, 4) is 5.75 Å². The third-order valence-corrected chi connectivity index (χ3v) is 5.72. The lowest BCUT2D eigenvalue weighted by atomic mass is 10.1. The maximum Gasteiger partial charge on any atom is 0.260 e. The van der Waals surface area contributed by atoms with Gasteiger partial charge in [-0.1, -0.05) is 12.1 Å². The molecule has 0 radical (unpaired) electrons. The second-order valence-corrected chi connectivity index (χ2v) is 7.86. The minimum atomic E-state index is -0.213. The Labute approximate surface area is 186 Å². The quantitative estimate of drug-likeness (QED) is 0.608. The Balaban J connectivity index is 1.51. The molecule has 3 aromatic rings. The first-order valence-corrected chi connectivity index (χ1v) is 10.8. The third kappa shape index (κ3) is 4.98. The van der Waals surface area contributed by atoms with Crippen LogP contribution in [0.5, 0.6) is 5.75 Å². The molecule has 0 aliphatic carbocycles. The second kappa shape index (κ2) is 9.93. The molecule has 1 N–H and O–H groups in total. The number of amides is 1. The van der Waals surface area contributed by atoms with E-state index in [-0.39, 0.29) is 11.5 Å². The number of fused-ring (bicyclic) bond motifs is 1. The smallest absolute Gasteiger partial charge is 0.260 e. The fourth-order valence-electron chi connectivity index (χ4n) is 3.83. The largest absolute Gasteiger partial charge is 0.497 e. The van der Waals surface area contributed by atoms with Gasteiger partial charge in [-0.2, -0.15) is 0 Å². The summed E-state index contributed by atoms with van der Waals surface area (Å²) in [5.41, 5.74) is 2.43. The number of methoxy groups -OCH3 is 1. The summed E-state index contributed by atoms with van der Waals surface area (Å²) in [6.45, 7) is 6.72. The maximum atomic E-state index is 13.1. The number of aryl methyl sites for hydroxylation is 1. The van der Waals surface area contributed by atoms with Gasteiger partial charge in [0.1, 0.15) is 5.75 Å². The first-order chi connectivity index (χ1) is 15.5. The summed E-state index contributed by atoms with van der Waals surface area (Å²) in [6, 6.07) is 11.1. The van der Waals surface area contributed by atoms with Gasteiger partial charge in [0.15, 0.2) is 0 Å². The average Bonchev–Trinajstić information content (AvgIpc) is 2.82. The summed E-state index contributed by atoms with van der Waals surface area (Å²) < 4.78 is 12.2. The number of hydrogen-bond donors (Lipinski definition) is 1. The van der Waals surface area contributed by atoms with Crippen LogP contribution in [0.4, 0.5) is 0 Å². The van der Waals surface area contributed by atoms with Crippen LogP contribution in [0.2, 0.25) is 0 Å². The molecule has 8 heteroatoms. The van der Waals surface area contributed by atoms with Crippen molar-refractivity contribution in [2.24, 2.45) is 0 Å². The minimum absolute atomic E-state index is 0.173. The van der Waals surface area contributed by atoms with Crippen molar-refractivity contribution in [3.63, 3.8) is 0 Å². The molecule has 1 fully saturated rings. The van der Waals surface area contributed by atoms with Gasteiger partial charge in [-0.25, -0.2) is 0 Å². The number of hydrogen-bond acceptors (Lipinski definition) is 6. The molecule has 0 atom stereocenters. The number of ether oxygens (including phenoxy) is 2. The van der Waals surface area contributed by atoms with Crippen LogP contribution in [0, 0.1) is 6.92 Å². The lowest BCUT2D eigenvalue weighted by molar-refractivity contribution is 0.0383. The van der Waals surface area contributed by atoms with Crippen molar-refractivity contribution in [2.75, 3.05) is 46.5 Å². The molecule has 0 unspecified atom stereocenters. The Hall–Kier alpha value is -3.23. The van der Waals surface area contributed by atoms with Crippen LogP contribution in [-0.2, 0) is 11.3 Å². The Morgan fingerprint density at radius 1 is 1.19 bits per heavy atom. The van der Waals surface area contributed by atoms with E-state index in [0.29, 0.717) is 35.2 Å². The SMILES string of the molecule is COc1ccc(Cn2ccc3nc(C)c(C(=O)NCCN4CCOCC4)cc3c2=O)cc1. The monoisotopic (exact) mass is 436 g/mol. The zero-order valence-corrected chi connectivity index (χ0v) is 18.5. The van der Waals surface area contributed by atoms with E-state index in [9.17, 15) is 9.59 Å². The molecular formula is C24H28N4O4. The van der Waals surface area contributed by atoms with Crippen molar-refractivity contribution in [2.45, 2.75) is 13.5 Å². The van der Waals surface area contributed by atoms with Gasteiger partial charge in [0.2, 0.25) is 0 Å². The highest BCUT2D eigenvalue weighted by Gasteiger charge is 2.15. The van der Waals surface area contributed by atoms with Gasteiger partial charge < -0.3 is 19.4 Å². The standard InChI is InChI=1S/C24H28N4O4/c1-17-20(23(29)25-8-10-27-11-13-32-14-12-27)15-21-22(26-17)7-9-28(24(21)30)16-18-3-5-19(31-2)6-4-18/h3-7,9,15H,8,10-14,16H2,1-2H3,(H,25,29). The minimum Gasteiger partial charge on any atom is -0.497 e. The highest BCUT2D eigenvalue weighted by molar-refractivity contribution is 5.98. The number of nitrogens with zero attached hydrogens (tertiary/aromatic N) is 3. The van der Waals surface area contributed by atoms with Crippen LogP contribution in [0.1, 0.15) is 21.6 Å². The average molecular weight is 437 g/mol. The number of nitrogens with one attached hydrogen (secondary N) is 1. The lowest BCUT2D eigenvalue weighted by Gasteiger charge is -2.26. The van der Waals surface area contributed by atoms with E-state index in [4.69, 9.17) is 9.47 Å². The van der Waals surface area contributed by atoms with E-state index >= 15 is 0 Å². The molecule has 8 nitrogen and oxygen atoms in total. The normalized spacial score (nSPS) is 14.4. The Kier molecular flexibility index (Phi) is 6.82. The fraction of sp³-hybridized carbons (Fsp3) is 0.375. The summed E-state index contributed by atoms with van der Waals surface area (Å²) >= 11 is 0. The summed E-state index contributed by atoms with van der Waals surface area (Å²) in [5, 5.41) is 3.39. The highest BCUT2D eigenvalue weighted by Crippen LogP contribution is 2.15. The Morgan fingerprint density at radius 3 is 2.66 bits per heavy atom. The van der Waals surface area contributed by atoms with Crippen LogP contribution >= 0.6 is 0 Å². The predicted molar refractivity (Wildman–Crippen MR) is 122 cm³/mol. The lowest BCUT2D eigenvalue weighted by Crippen LogP contribution is -2.41.